The lowest BCUT2D eigenvalue weighted by Crippen LogP contribution is -2.34. The Morgan fingerprint density at radius 3 is 1.09 bits per heavy atom. The molecule has 0 saturated carbocycles. The normalized spacial score (nSPS) is 11.4. The summed E-state index contributed by atoms with van der Waals surface area (Å²) in [4.78, 5) is 0. The molecule has 0 saturated heterocycles. The minimum atomic E-state index is 1.21. The van der Waals surface area contributed by atoms with Crippen LogP contribution in [0, 0.1) is 0 Å². The Bertz CT molecular complexity index is 529. The average Bonchev–Trinajstić information content (AvgIpc) is 2.87. The van der Waals surface area contributed by atoms with Gasteiger partial charge in [-0.2, -0.15) is 0 Å². The number of aryl methyl sites for hydroxylation is 3. The fourth-order valence-electron chi connectivity index (χ4n) is 5.36. The third-order valence-corrected chi connectivity index (χ3v) is 7.69. The second kappa shape index (κ2) is 24.8. The smallest absolute Gasteiger partial charge is 0.171 e. The summed E-state index contributed by atoms with van der Waals surface area (Å²) in [5.74, 6) is 0. The molecule has 0 aromatic carbocycles. The highest BCUT2D eigenvalue weighted by molar-refractivity contribution is 5.15. The third kappa shape index (κ3) is 20.0. The molecule has 0 fully saturated rings. The summed E-state index contributed by atoms with van der Waals surface area (Å²) in [5.41, 5.74) is 3.18. The van der Waals surface area contributed by atoms with E-state index in [2.05, 4.69) is 43.8 Å². The van der Waals surface area contributed by atoms with Crippen molar-refractivity contribution in [2.45, 2.75) is 188 Å². The van der Waals surface area contributed by atoms with Gasteiger partial charge in [-0.25, -0.2) is 4.57 Å². The van der Waals surface area contributed by atoms with Gasteiger partial charge in [0.2, 0.25) is 0 Å². The van der Waals surface area contributed by atoms with Gasteiger partial charge in [0.15, 0.2) is 12.4 Å². The van der Waals surface area contributed by atoms with Crippen molar-refractivity contribution in [3.05, 3.63) is 29.6 Å². The Kier molecular flexibility index (Phi) is 22.8. The molecular formula is C34H64N+. The van der Waals surface area contributed by atoms with Crippen molar-refractivity contribution in [2.75, 3.05) is 0 Å². The first-order valence-corrected chi connectivity index (χ1v) is 16.3. The Morgan fingerprint density at radius 2 is 0.714 bits per heavy atom. The highest BCUT2D eigenvalue weighted by atomic mass is 14.9. The largest absolute Gasteiger partial charge is 0.205 e. The topological polar surface area (TPSA) is 3.88 Å². The standard InChI is InChI=1S/C34H64N/c1-4-7-10-13-16-17-18-19-20-23-26-29-35-31-33(27-24-21-14-11-8-5-2)30-34(32-35)28-25-22-15-12-9-6-3/h30-32H,4-29H2,1-3H3/q+1. The summed E-state index contributed by atoms with van der Waals surface area (Å²) < 4.78 is 2.55. The molecule has 0 atom stereocenters. The van der Waals surface area contributed by atoms with E-state index in [0.29, 0.717) is 0 Å². The fourth-order valence-corrected chi connectivity index (χ4v) is 5.36. The number of pyridine rings is 1. The van der Waals surface area contributed by atoms with E-state index in [-0.39, 0.29) is 0 Å². The Balaban J connectivity index is 2.35. The zero-order chi connectivity index (χ0) is 25.2. The molecule has 1 rings (SSSR count). The molecule has 1 nitrogen and oxygen atoms in total. The zero-order valence-electron chi connectivity index (χ0n) is 24.6. The molecule has 1 heteroatoms. The minimum Gasteiger partial charge on any atom is -0.205 e. The highest BCUT2D eigenvalue weighted by Gasteiger charge is 2.08. The Morgan fingerprint density at radius 1 is 0.400 bits per heavy atom. The molecule has 0 bridgehead atoms. The number of rotatable bonds is 26. The summed E-state index contributed by atoms with van der Waals surface area (Å²) in [6.07, 6.45) is 39.9. The fraction of sp³-hybridized carbons (Fsp3) is 0.853. The van der Waals surface area contributed by atoms with Crippen molar-refractivity contribution < 1.29 is 4.57 Å². The number of aromatic nitrogens is 1. The van der Waals surface area contributed by atoms with Gasteiger partial charge in [-0.1, -0.05) is 143 Å². The molecule has 0 spiro atoms. The molecule has 204 valence electrons. The highest BCUT2D eigenvalue weighted by Crippen LogP contribution is 2.14. The lowest BCUT2D eigenvalue weighted by molar-refractivity contribution is -0.698. The average molecular weight is 487 g/mol. The third-order valence-electron chi connectivity index (χ3n) is 7.69. The second-order valence-electron chi connectivity index (χ2n) is 11.4. The number of hydrogen-bond acceptors (Lipinski definition) is 0. The summed E-state index contributed by atoms with van der Waals surface area (Å²) in [6, 6.07) is 2.54. The first kappa shape index (κ1) is 32.2. The summed E-state index contributed by atoms with van der Waals surface area (Å²) >= 11 is 0. The van der Waals surface area contributed by atoms with E-state index >= 15 is 0 Å². The minimum absolute atomic E-state index is 1.21. The van der Waals surface area contributed by atoms with Crippen LogP contribution >= 0.6 is 0 Å². The zero-order valence-corrected chi connectivity index (χ0v) is 24.6. The van der Waals surface area contributed by atoms with Crippen molar-refractivity contribution in [3.8, 4) is 0 Å². The molecule has 0 aliphatic carbocycles. The first-order chi connectivity index (χ1) is 17.3. The van der Waals surface area contributed by atoms with E-state index < -0.39 is 0 Å². The van der Waals surface area contributed by atoms with Gasteiger partial charge in [0.25, 0.3) is 0 Å². The van der Waals surface area contributed by atoms with Crippen molar-refractivity contribution in [1.82, 2.24) is 0 Å². The van der Waals surface area contributed by atoms with Crippen molar-refractivity contribution in [3.63, 3.8) is 0 Å². The van der Waals surface area contributed by atoms with E-state index in [1.165, 1.54) is 167 Å². The van der Waals surface area contributed by atoms with Gasteiger partial charge in [-0.3, -0.25) is 0 Å². The molecule has 1 aromatic rings. The molecule has 1 aromatic heterocycles. The van der Waals surface area contributed by atoms with Crippen LogP contribution < -0.4 is 4.57 Å². The van der Waals surface area contributed by atoms with Gasteiger partial charge < -0.3 is 0 Å². The number of hydrogen-bond donors (Lipinski definition) is 0. The van der Waals surface area contributed by atoms with Gasteiger partial charge >= 0.3 is 0 Å². The molecule has 0 N–H and O–H groups in total. The molecular weight excluding hydrogens is 422 g/mol. The summed E-state index contributed by atoms with van der Waals surface area (Å²) in [6.45, 7) is 8.14. The molecule has 1 heterocycles. The van der Waals surface area contributed by atoms with Crippen LogP contribution in [0.15, 0.2) is 18.5 Å². The number of unbranched alkanes of at least 4 members (excludes halogenated alkanes) is 20. The molecule has 0 amide bonds. The first-order valence-electron chi connectivity index (χ1n) is 16.3. The SMILES string of the molecule is CCCCCCCCCCCCC[n+]1cc(CCCCCCCC)cc(CCCCCCCC)c1. The second-order valence-corrected chi connectivity index (χ2v) is 11.4. The maximum absolute atomic E-state index is 2.55. The van der Waals surface area contributed by atoms with Gasteiger partial charge in [0, 0.05) is 17.5 Å². The monoisotopic (exact) mass is 487 g/mol. The van der Waals surface area contributed by atoms with Crippen LogP contribution in [-0.2, 0) is 19.4 Å². The van der Waals surface area contributed by atoms with E-state index in [9.17, 15) is 0 Å². The van der Waals surface area contributed by atoms with Crippen LogP contribution in [0.25, 0.3) is 0 Å². The Hall–Kier alpha value is -0.850. The van der Waals surface area contributed by atoms with E-state index in [1.807, 2.05) is 0 Å². The predicted molar refractivity (Wildman–Crippen MR) is 157 cm³/mol. The Labute approximate surface area is 221 Å². The molecule has 35 heavy (non-hydrogen) atoms. The van der Waals surface area contributed by atoms with E-state index in [4.69, 9.17) is 0 Å². The molecule has 0 radical (unpaired) electrons. The molecule has 0 unspecified atom stereocenters. The van der Waals surface area contributed by atoms with Gasteiger partial charge in [-0.15, -0.1) is 0 Å². The van der Waals surface area contributed by atoms with Crippen LogP contribution in [0.4, 0.5) is 0 Å². The quantitative estimate of drug-likeness (QED) is 0.0905. The van der Waals surface area contributed by atoms with Crippen LogP contribution in [0.5, 0.6) is 0 Å². The summed E-state index contributed by atoms with van der Waals surface area (Å²) in [7, 11) is 0. The molecule has 0 aliphatic heterocycles. The van der Waals surface area contributed by atoms with Crippen LogP contribution in [0.1, 0.15) is 180 Å². The van der Waals surface area contributed by atoms with Gasteiger partial charge in [0.1, 0.15) is 6.54 Å². The summed E-state index contributed by atoms with van der Waals surface area (Å²) in [5, 5.41) is 0. The molecule has 0 aliphatic rings. The van der Waals surface area contributed by atoms with Crippen molar-refractivity contribution in [1.29, 1.82) is 0 Å². The van der Waals surface area contributed by atoms with E-state index in [1.54, 1.807) is 11.1 Å². The van der Waals surface area contributed by atoms with Crippen LogP contribution in [0.2, 0.25) is 0 Å². The van der Waals surface area contributed by atoms with Crippen molar-refractivity contribution >= 4 is 0 Å². The maximum atomic E-state index is 2.55. The predicted octanol–water partition coefficient (Wildman–Crippen LogP) is 11.1. The van der Waals surface area contributed by atoms with Crippen molar-refractivity contribution in [2.24, 2.45) is 0 Å². The number of nitrogens with zero attached hydrogens (tertiary/aromatic N) is 1. The maximum Gasteiger partial charge on any atom is 0.171 e. The lowest BCUT2D eigenvalue weighted by Gasteiger charge is -2.07. The van der Waals surface area contributed by atoms with Crippen LogP contribution in [0.3, 0.4) is 0 Å². The van der Waals surface area contributed by atoms with Gasteiger partial charge in [-0.05, 0) is 38.2 Å². The van der Waals surface area contributed by atoms with Gasteiger partial charge in [0.05, 0.1) is 0 Å². The van der Waals surface area contributed by atoms with Crippen LogP contribution in [-0.4, -0.2) is 0 Å². The van der Waals surface area contributed by atoms with E-state index in [0.717, 1.165) is 0 Å². The lowest BCUT2D eigenvalue weighted by atomic mass is 10.0.